The fourth-order valence-corrected chi connectivity index (χ4v) is 1.72. The molecule has 0 aliphatic heterocycles. The molecular weight excluding hydrogens is 238 g/mol. The molecule has 14 heavy (non-hydrogen) atoms. The van der Waals surface area contributed by atoms with Crippen molar-refractivity contribution in [2.24, 2.45) is 0 Å². The molecule has 0 spiro atoms. The van der Waals surface area contributed by atoms with E-state index < -0.39 is 0 Å². The van der Waals surface area contributed by atoms with Crippen LogP contribution in [0.3, 0.4) is 0 Å². The van der Waals surface area contributed by atoms with Crippen molar-refractivity contribution < 1.29 is 0 Å². The molecule has 0 saturated heterocycles. The van der Waals surface area contributed by atoms with Crippen molar-refractivity contribution in [3.63, 3.8) is 0 Å². The highest BCUT2D eigenvalue weighted by atomic mass is 79.9. The number of rotatable bonds is 5. The Morgan fingerprint density at radius 3 is 2.57 bits per heavy atom. The van der Waals surface area contributed by atoms with E-state index in [9.17, 15) is 0 Å². The van der Waals surface area contributed by atoms with Gasteiger partial charge in [-0.1, -0.05) is 34.1 Å². The number of hydrogen-bond acceptors (Lipinski definition) is 1. The van der Waals surface area contributed by atoms with Crippen LogP contribution in [0.1, 0.15) is 24.4 Å². The molecule has 0 heterocycles. The molecule has 76 valence electrons. The Kier molecular flexibility index (Phi) is 4.91. The van der Waals surface area contributed by atoms with Crippen molar-refractivity contribution >= 4 is 15.9 Å². The molecule has 2 heteroatoms. The Balaban J connectivity index is 2.68. The Bertz CT molecular complexity index is 279. The Labute approximate surface area is 94.3 Å². The monoisotopic (exact) mass is 253 g/mol. The average molecular weight is 254 g/mol. The summed E-state index contributed by atoms with van der Waals surface area (Å²) in [5.41, 5.74) is 1.33. The van der Waals surface area contributed by atoms with Crippen LogP contribution in [-0.2, 0) is 0 Å². The van der Waals surface area contributed by atoms with E-state index in [-0.39, 0.29) is 0 Å². The SMILES string of the molecule is C=CCCC(NC)c1ccc(Br)cc1. The van der Waals surface area contributed by atoms with Crippen LogP contribution in [0.5, 0.6) is 0 Å². The largest absolute Gasteiger partial charge is 0.313 e. The third-order valence-corrected chi connectivity index (χ3v) is 2.81. The van der Waals surface area contributed by atoms with E-state index in [2.05, 4.69) is 52.1 Å². The molecule has 0 aliphatic rings. The van der Waals surface area contributed by atoms with Gasteiger partial charge in [0.05, 0.1) is 0 Å². The molecule has 1 rings (SSSR count). The van der Waals surface area contributed by atoms with Gasteiger partial charge in [0, 0.05) is 10.5 Å². The molecule has 1 N–H and O–H groups in total. The van der Waals surface area contributed by atoms with Crippen LogP contribution in [0.4, 0.5) is 0 Å². The van der Waals surface area contributed by atoms with Crippen LogP contribution in [0.15, 0.2) is 41.4 Å². The summed E-state index contributed by atoms with van der Waals surface area (Å²) in [4.78, 5) is 0. The highest BCUT2D eigenvalue weighted by molar-refractivity contribution is 9.10. The Morgan fingerprint density at radius 1 is 1.43 bits per heavy atom. The zero-order valence-electron chi connectivity index (χ0n) is 8.46. The molecule has 0 amide bonds. The second-order valence-electron chi connectivity index (χ2n) is 3.26. The number of halogens is 1. The van der Waals surface area contributed by atoms with Gasteiger partial charge in [0.1, 0.15) is 0 Å². The van der Waals surface area contributed by atoms with Crippen LogP contribution >= 0.6 is 15.9 Å². The minimum Gasteiger partial charge on any atom is -0.313 e. The van der Waals surface area contributed by atoms with Gasteiger partial charge in [0.25, 0.3) is 0 Å². The first-order valence-electron chi connectivity index (χ1n) is 4.81. The minimum atomic E-state index is 0.432. The summed E-state index contributed by atoms with van der Waals surface area (Å²) >= 11 is 3.43. The number of hydrogen-bond donors (Lipinski definition) is 1. The molecule has 1 aromatic carbocycles. The van der Waals surface area contributed by atoms with Crippen molar-refractivity contribution in [3.05, 3.63) is 47.0 Å². The summed E-state index contributed by atoms with van der Waals surface area (Å²) in [7, 11) is 2.00. The van der Waals surface area contributed by atoms with Gasteiger partial charge in [-0.25, -0.2) is 0 Å². The normalized spacial score (nSPS) is 12.4. The van der Waals surface area contributed by atoms with E-state index in [4.69, 9.17) is 0 Å². The molecule has 1 nitrogen and oxygen atoms in total. The maximum atomic E-state index is 3.74. The van der Waals surface area contributed by atoms with Gasteiger partial charge in [-0.05, 0) is 37.6 Å². The molecule has 0 bridgehead atoms. The highest BCUT2D eigenvalue weighted by Gasteiger charge is 2.06. The van der Waals surface area contributed by atoms with Gasteiger partial charge in [-0.15, -0.1) is 6.58 Å². The van der Waals surface area contributed by atoms with Crippen molar-refractivity contribution in [1.29, 1.82) is 0 Å². The average Bonchev–Trinajstić information content (AvgIpc) is 2.21. The smallest absolute Gasteiger partial charge is 0.0320 e. The van der Waals surface area contributed by atoms with Crippen molar-refractivity contribution in [3.8, 4) is 0 Å². The number of allylic oxidation sites excluding steroid dienone is 1. The molecular formula is C12H16BrN. The fourth-order valence-electron chi connectivity index (χ4n) is 1.46. The first-order chi connectivity index (χ1) is 6.77. The summed E-state index contributed by atoms with van der Waals surface area (Å²) in [6, 6.07) is 8.88. The van der Waals surface area contributed by atoms with E-state index in [0.717, 1.165) is 17.3 Å². The zero-order chi connectivity index (χ0) is 10.4. The van der Waals surface area contributed by atoms with E-state index in [1.165, 1.54) is 5.56 Å². The molecule has 0 saturated carbocycles. The lowest BCUT2D eigenvalue weighted by atomic mass is 10.0. The molecule has 0 aromatic heterocycles. The third-order valence-electron chi connectivity index (χ3n) is 2.28. The quantitative estimate of drug-likeness (QED) is 0.790. The van der Waals surface area contributed by atoms with Gasteiger partial charge in [0.15, 0.2) is 0 Å². The van der Waals surface area contributed by atoms with Crippen LogP contribution < -0.4 is 5.32 Å². The lowest BCUT2D eigenvalue weighted by Gasteiger charge is -2.15. The predicted molar refractivity (Wildman–Crippen MR) is 65.4 cm³/mol. The minimum absolute atomic E-state index is 0.432. The lowest BCUT2D eigenvalue weighted by molar-refractivity contribution is 0.555. The molecule has 0 fully saturated rings. The van der Waals surface area contributed by atoms with Crippen molar-refractivity contribution in [2.45, 2.75) is 18.9 Å². The first-order valence-corrected chi connectivity index (χ1v) is 5.61. The number of benzene rings is 1. The molecule has 0 radical (unpaired) electrons. The fraction of sp³-hybridized carbons (Fsp3) is 0.333. The second-order valence-corrected chi connectivity index (χ2v) is 4.17. The molecule has 1 aromatic rings. The Hall–Kier alpha value is -0.600. The summed E-state index contributed by atoms with van der Waals surface area (Å²) in [5, 5.41) is 3.31. The zero-order valence-corrected chi connectivity index (χ0v) is 10.0. The van der Waals surface area contributed by atoms with Gasteiger partial charge >= 0.3 is 0 Å². The summed E-state index contributed by atoms with van der Waals surface area (Å²) in [5.74, 6) is 0. The van der Waals surface area contributed by atoms with Crippen LogP contribution in [0, 0.1) is 0 Å². The standard InChI is InChI=1S/C12H16BrN/c1-3-4-5-12(14-2)10-6-8-11(13)9-7-10/h3,6-9,12,14H,1,4-5H2,2H3. The summed E-state index contributed by atoms with van der Waals surface area (Å²) < 4.78 is 1.12. The topological polar surface area (TPSA) is 12.0 Å². The first kappa shape index (κ1) is 11.5. The maximum absolute atomic E-state index is 3.74. The van der Waals surface area contributed by atoms with Crippen LogP contribution in [0.2, 0.25) is 0 Å². The van der Waals surface area contributed by atoms with Crippen molar-refractivity contribution in [1.82, 2.24) is 5.32 Å². The van der Waals surface area contributed by atoms with Crippen molar-refractivity contribution in [2.75, 3.05) is 7.05 Å². The van der Waals surface area contributed by atoms with Gasteiger partial charge in [0.2, 0.25) is 0 Å². The third kappa shape index (κ3) is 3.28. The Morgan fingerprint density at radius 2 is 2.07 bits per heavy atom. The second kappa shape index (κ2) is 5.99. The van der Waals surface area contributed by atoms with E-state index in [1.807, 2.05) is 13.1 Å². The van der Waals surface area contributed by atoms with Gasteiger partial charge < -0.3 is 5.32 Å². The molecule has 1 unspecified atom stereocenters. The molecule has 1 atom stereocenters. The van der Waals surface area contributed by atoms with Crippen LogP contribution in [-0.4, -0.2) is 7.05 Å². The summed E-state index contributed by atoms with van der Waals surface area (Å²) in [6.45, 7) is 3.74. The van der Waals surface area contributed by atoms with E-state index in [1.54, 1.807) is 0 Å². The lowest BCUT2D eigenvalue weighted by Crippen LogP contribution is -2.15. The maximum Gasteiger partial charge on any atom is 0.0320 e. The van der Waals surface area contributed by atoms with Gasteiger partial charge in [-0.2, -0.15) is 0 Å². The van der Waals surface area contributed by atoms with E-state index in [0.29, 0.717) is 6.04 Å². The highest BCUT2D eigenvalue weighted by Crippen LogP contribution is 2.20. The predicted octanol–water partition coefficient (Wildman–Crippen LogP) is 3.68. The summed E-state index contributed by atoms with van der Waals surface area (Å²) in [6.07, 6.45) is 4.10. The van der Waals surface area contributed by atoms with E-state index >= 15 is 0 Å². The van der Waals surface area contributed by atoms with Gasteiger partial charge in [-0.3, -0.25) is 0 Å². The van der Waals surface area contributed by atoms with Crippen LogP contribution in [0.25, 0.3) is 0 Å². The molecule has 0 aliphatic carbocycles. The number of nitrogens with one attached hydrogen (secondary N) is 1.